The molecule has 0 amide bonds. The van der Waals surface area contributed by atoms with E-state index in [1.165, 1.54) is 24.8 Å². The van der Waals surface area contributed by atoms with Crippen LogP contribution in [0, 0.1) is 5.41 Å². The molecule has 0 atom stereocenters. The molecule has 2 nitrogen and oxygen atoms in total. The SMILES string of the molecule is CC(C)NCC1(Cc2ccncc2Cl)CCC1. The Morgan fingerprint density at radius 2 is 2.24 bits per heavy atom. The van der Waals surface area contributed by atoms with Crippen LogP contribution in [-0.4, -0.2) is 17.6 Å². The van der Waals surface area contributed by atoms with Gasteiger partial charge in [0.1, 0.15) is 0 Å². The molecule has 0 aromatic carbocycles. The van der Waals surface area contributed by atoms with Gasteiger partial charge in [-0.3, -0.25) is 4.98 Å². The summed E-state index contributed by atoms with van der Waals surface area (Å²) in [5.74, 6) is 0. The number of pyridine rings is 1. The van der Waals surface area contributed by atoms with Gasteiger partial charge in [0, 0.05) is 25.0 Å². The van der Waals surface area contributed by atoms with Gasteiger partial charge in [-0.05, 0) is 36.3 Å². The largest absolute Gasteiger partial charge is 0.314 e. The molecule has 1 aromatic heterocycles. The highest BCUT2D eigenvalue weighted by Crippen LogP contribution is 2.44. The summed E-state index contributed by atoms with van der Waals surface area (Å²) in [4.78, 5) is 4.05. The van der Waals surface area contributed by atoms with Gasteiger partial charge in [-0.15, -0.1) is 0 Å². The fraction of sp³-hybridized carbons (Fsp3) is 0.643. The van der Waals surface area contributed by atoms with Crippen molar-refractivity contribution in [1.29, 1.82) is 0 Å². The second-order valence-electron chi connectivity index (χ2n) is 5.53. The van der Waals surface area contributed by atoms with E-state index >= 15 is 0 Å². The van der Waals surface area contributed by atoms with Gasteiger partial charge in [0.05, 0.1) is 5.02 Å². The molecule has 3 heteroatoms. The minimum atomic E-state index is 0.426. The molecular formula is C14H21ClN2. The third-order valence-corrected chi connectivity index (χ3v) is 4.06. The molecule has 1 N–H and O–H groups in total. The highest BCUT2D eigenvalue weighted by molar-refractivity contribution is 6.31. The minimum Gasteiger partial charge on any atom is -0.314 e. The van der Waals surface area contributed by atoms with Gasteiger partial charge in [0.2, 0.25) is 0 Å². The summed E-state index contributed by atoms with van der Waals surface area (Å²) in [7, 11) is 0. The van der Waals surface area contributed by atoms with E-state index in [2.05, 4.69) is 30.2 Å². The van der Waals surface area contributed by atoms with E-state index in [1.54, 1.807) is 6.20 Å². The molecule has 1 aromatic rings. The molecule has 2 rings (SSSR count). The number of nitrogens with zero attached hydrogens (tertiary/aromatic N) is 1. The van der Waals surface area contributed by atoms with Crippen LogP contribution in [0.5, 0.6) is 0 Å². The van der Waals surface area contributed by atoms with Crippen LogP contribution in [0.25, 0.3) is 0 Å². The molecule has 1 aliphatic carbocycles. The Morgan fingerprint density at radius 3 is 2.76 bits per heavy atom. The predicted molar refractivity (Wildman–Crippen MR) is 72.4 cm³/mol. The van der Waals surface area contributed by atoms with Gasteiger partial charge in [-0.2, -0.15) is 0 Å². The van der Waals surface area contributed by atoms with Crippen LogP contribution in [0.2, 0.25) is 5.02 Å². The van der Waals surface area contributed by atoms with Crippen LogP contribution in [0.1, 0.15) is 38.7 Å². The average molecular weight is 253 g/mol. The van der Waals surface area contributed by atoms with Crippen molar-refractivity contribution >= 4 is 11.6 Å². The molecule has 0 aliphatic heterocycles. The zero-order chi connectivity index (χ0) is 12.3. The van der Waals surface area contributed by atoms with Crippen molar-refractivity contribution in [3.05, 3.63) is 29.0 Å². The summed E-state index contributed by atoms with van der Waals surface area (Å²) in [6.45, 7) is 5.50. The lowest BCUT2D eigenvalue weighted by atomic mass is 9.65. The fourth-order valence-corrected chi connectivity index (χ4v) is 2.65. The van der Waals surface area contributed by atoms with Crippen molar-refractivity contribution in [3.8, 4) is 0 Å². The van der Waals surface area contributed by atoms with Gasteiger partial charge in [-0.25, -0.2) is 0 Å². The number of nitrogens with one attached hydrogen (secondary N) is 1. The molecule has 0 spiro atoms. The summed E-state index contributed by atoms with van der Waals surface area (Å²) in [6, 6.07) is 2.61. The van der Waals surface area contributed by atoms with E-state index < -0.39 is 0 Å². The third-order valence-electron chi connectivity index (χ3n) is 3.72. The van der Waals surface area contributed by atoms with E-state index in [0.29, 0.717) is 11.5 Å². The molecule has 1 heterocycles. The molecule has 0 unspecified atom stereocenters. The number of hydrogen-bond acceptors (Lipinski definition) is 2. The minimum absolute atomic E-state index is 0.426. The zero-order valence-corrected chi connectivity index (χ0v) is 11.4. The lowest BCUT2D eigenvalue weighted by Gasteiger charge is -2.43. The first-order valence-electron chi connectivity index (χ1n) is 6.43. The molecule has 0 radical (unpaired) electrons. The number of hydrogen-bond donors (Lipinski definition) is 1. The van der Waals surface area contributed by atoms with E-state index in [-0.39, 0.29) is 0 Å². The number of aromatic nitrogens is 1. The van der Waals surface area contributed by atoms with Crippen LogP contribution < -0.4 is 5.32 Å². The van der Waals surface area contributed by atoms with E-state index in [1.807, 2.05) is 6.20 Å². The highest BCUT2D eigenvalue weighted by atomic mass is 35.5. The van der Waals surface area contributed by atoms with Gasteiger partial charge in [0.15, 0.2) is 0 Å². The quantitative estimate of drug-likeness (QED) is 0.868. The van der Waals surface area contributed by atoms with Crippen molar-refractivity contribution in [3.63, 3.8) is 0 Å². The predicted octanol–water partition coefficient (Wildman–Crippen LogP) is 3.45. The zero-order valence-electron chi connectivity index (χ0n) is 10.7. The first kappa shape index (κ1) is 12.8. The van der Waals surface area contributed by atoms with Gasteiger partial charge < -0.3 is 5.32 Å². The van der Waals surface area contributed by atoms with Crippen molar-refractivity contribution in [2.45, 2.75) is 45.6 Å². The van der Waals surface area contributed by atoms with E-state index in [0.717, 1.165) is 18.0 Å². The van der Waals surface area contributed by atoms with E-state index in [4.69, 9.17) is 11.6 Å². The van der Waals surface area contributed by atoms with E-state index in [9.17, 15) is 0 Å². The lowest BCUT2D eigenvalue weighted by Crippen LogP contribution is -2.43. The Morgan fingerprint density at radius 1 is 1.47 bits per heavy atom. The third kappa shape index (κ3) is 3.20. The van der Waals surface area contributed by atoms with Crippen LogP contribution in [0.15, 0.2) is 18.5 Å². The molecule has 1 saturated carbocycles. The number of halogens is 1. The summed E-state index contributed by atoms with van der Waals surface area (Å²) in [5.41, 5.74) is 1.67. The Kier molecular flexibility index (Phi) is 4.05. The Bertz CT molecular complexity index is 372. The summed E-state index contributed by atoms with van der Waals surface area (Å²) >= 11 is 6.19. The number of rotatable bonds is 5. The molecular weight excluding hydrogens is 232 g/mol. The summed E-state index contributed by atoms with van der Waals surface area (Å²) < 4.78 is 0. The standard InChI is InChI=1S/C14H21ClN2/c1-11(2)17-10-14(5-3-6-14)8-12-4-7-16-9-13(12)15/h4,7,9,11,17H,3,5-6,8,10H2,1-2H3. The van der Waals surface area contributed by atoms with Crippen molar-refractivity contribution in [2.24, 2.45) is 5.41 Å². The van der Waals surface area contributed by atoms with Crippen LogP contribution in [-0.2, 0) is 6.42 Å². The van der Waals surface area contributed by atoms with Gasteiger partial charge in [0.25, 0.3) is 0 Å². The van der Waals surface area contributed by atoms with Gasteiger partial charge in [-0.1, -0.05) is 31.9 Å². The monoisotopic (exact) mass is 252 g/mol. The Hall–Kier alpha value is -0.600. The molecule has 17 heavy (non-hydrogen) atoms. The lowest BCUT2D eigenvalue weighted by molar-refractivity contribution is 0.127. The van der Waals surface area contributed by atoms with Crippen molar-refractivity contribution < 1.29 is 0 Å². The molecule has 0 bridgehead atoms. The second-order valence-corrected chi connectivity index (χ2v) is 5.94. The fourth-order valence-electron chi connectivity index (χ4n) is 2.46. The molecule has 1 fully saturated rings. The van der Waals surface area contributed by atoms with Gasteiger partial charge >= 0.3 is 0 Å². The summed E-state index contributed by atoms with van der Waals surface area (Å²) in [6.07, 6.45) is 8.63. The average Bonchev–Trinajstić information content (AvgIpc) is 2.24. The second kappa shape index (κ2) is 5.36. The smallest absolute Gasteiger partial charge is 0.0621 e. The maximum absolute atomic E-state index is 6.19. The first-order chi connectivity index (χ1) is 8.11. The van der Waals surface area contributed by atoms with Crippen LogP contribution in [0.3, 0.4) is 0 Å². The Balaban J connectivity index is 2.02. The summed E-state index contributed by atoms with van der Waals surface area (Å²) in [5, 5.41) is 4.38. The highest BCUT2D eigenvalue weighted by Gasteiger charge is 2.37. The van der Waals surface area contributed by atoms with Crippen molar-refractivity contribution in [2.75, 3.05) is 6.54 Å². The normalized spacial score (nSPS) is 18.1. The maximum atomic E-state index is 6.19. The Labute approximate surface area is 109 Å². The van der Waals surface area contributed by atoms with Crippen LogP contribution >= 0.6 is 11.6 Å². The van der Waals surface area contributed by atoms with Crippen LogP contribution in [0.4, 0.5) is 0 Å². The topological polar surface area (TPSA) is 24.9 Å². The van der Waals surface area contributed by atoms with Crippen molar-refractivity contribution in [1.82, 2.24) is 10.3 Å². The molecule has 0 saturated heterocycles. The maximum Gasteiger partial charge on any atom is 0.0621 e. The molecule has 94 valence electrons. The molecule has 1 aliphatic rings. The first-order valence-corrected chi connectivity index (χ1v) is 6.81.